The van der Waals surface area contributed by atoms with E-state index >= 15 is 0 Å². The second kappa shape index (κ2) is 7.96. The number of rotatable bonds is 1. The third-order valence-electron chi connectivity index (χ3n) is 4.63. The Bertz CT molecular complexity index is 1020. The number of nitriles is 1. The Morgan fingerprint density at radius 3 is 2.52 bits per heavy atom. The Hall–Kier alpha value is -2.11. The topological polar surface area (TPSA) is 69.5 Å². The molecule has 1 aliphatic heterocycles. The number of aryl methyl sites for hydroxylation is 1. The smallest absolute Gasteiger partial charge is 0.410 e. The molecule has 154 valence electrons. The number of amides is 1. The van der Waals surface area contributed by atoms with Crippen molar-refractivity contribution in [3.8, 4) is 6.07 Å². The van der Waals surface area contributed by atoms with Crippen LogP contribution in [0.4, 0.5) is 14.9 Å². The second-order valence-electron chi connectivity index (χ2n) is 7.87. The van der Waals surface area contributed by atoms with Crippen molar-refractivity contribution in [3.05, 3.63) is 32.6 Å². The molecule has 2 heterocycles. The maximum Gasteiger partial charge on any atom is 0.410 e. The zero-order chi connectivity index (χ0) is 21.5. The maximum atomic E-state index is 14.8. The zero-order valence-electron chi connectivity index (χ0n) is 16.6. The van der Waals surface area contributed by atoms with Gasteiger partial charge in [0.15, 0.2) is 5.82 Å². The largest absolute Gasteiger partial charge is 0.444 e. The van der Waals surface area contributed by atoms with E-state index < -0.39 is 11.4 Å². The summed E-state index contributed by atoms with van der Waals surface area (Å²) in [5.74, 6) is -0.561. The van der Waals surface area contributed by atoms with E-state index in [1.807, 2.05) is 25.7 Å². The van der Waals surface area contributed by atoms with Crippen LogP contribution in [0.15, 0.2) is 10.5 Å². The van der Waals surface area contributed by atoms with E-state index in [9.17, 15) is 14.4 Å². The van der Waals surface area contributed by atoms with Crippen molar-refractivity contribution in [2.75, 3.05) is 31.1 Å². The SMILES string of the molecule is Cc1nc2c(F)c(Br)c(Cl)cc2c(N2CCN(C(=O)OC(C)(C)C)CC2)c1C#N. The number of ether oxygens (including phenoxy) is 1. The molecular formula is C20H21BrClFN4O2. The molecule has 1 saturated heterocycles. The average molecular weight is 484 g/mol. The van der Waals surface area contributed by atoms with Crippen molar-refractivity contribution in [2.45, 2.75) is 33.3 Å². The maximum absolute atomic E-state index is 14.8. The predicted molar refractivity (Wildman–Crippen MR) is 114 cm³/mol. The molecule has 0 aliphatic carbocycles. The quantitative estimate of drug-likeness (QED) is 0.532. The van der Waals surface area contributed by atoms with Gasteiger partial charge in [-0.15, -0.1) is 0 Å². The fraction of sp³-hybridized carbons (Fsp3) is 0.450. The van der Waals surface area contributed by atoms with E-state index in [1.54, 1.807) is 17.9 Å². The summed E-state index contributed by atoms with van der Waals surface area (Å²) in [5.41, 5.74) is 0.996. The molecule has 1 aromatic carbocycles. The summed E-state index contributed by atoms with van der Waals surface area (Å²) < 4.78 is 20.4. The Labute approximate surface area is 182 Å². The molecule has 0 N–H and O–H groups in total. The molecule has 6 nitrogen and oxygen atoms in total. The van der Waals surface area contributed by atoms with Crippen LogP contribution in [-0.2, 0) is 4.74 Å². The van der Waals surface area contributed by atoms with Gasteiger partial charge in [0.2, 0.25) is 0 Å². The number of fused-ring (bicyclic) bond motifs is 1. The van der Waals surface area contributed by atoms with Crippen LogP contribution in [0.1, 0.15) is 32.0 Å². The Kier molecular flexibility index (Phi) is 5.93. The Morgan fingerprint density at radius 2 is 1.97 bits per heavy atom. The fourth-order valence-corrected chi connectivity index (χ4v) is 3.80. The van der Waals surface area contributed by atoms with Crippen LogP contribution in [0.5, 0.6) is 0 Å². The van der Waals surface area contributed by atoms with Gasteiger partial charge < -0.3 is 14.5 Å². The molecule has 1 fully saturated rings. The minimum absolute atomic E-state index is 0.143. The van der Waals surface area contributed by atoms with E-state index in [4.69, 9.17) is 16.3 Å². The van der Waals surface area contributed by atoms with Crippen molar-refractivity contribution in [2.24, 2.45) is 0 Å². The molecule has 3 rings (SSSR count). The molecule has 2 aromatic rings. The van der Waals surface area contributed by atoms with Gasteiger partial charge in [0.25, 0.3) is 0 Å². The number of anilines is 1. The van der Waals surface area contributed by atoms with E-state index in [1.165, 1.54) is 0 Å². The van der Waals surface area contributed by atoms with E-state index in [0.717, 1.165) is 0 Å². The van der Waals surface area contributed by atoms with Crippen molar-refractivity contribution >= 4 is 50.2 Å². The molecule has 0 radical (unpaired) electrons. The monoisotopic (exact) mass is 482 g/mol. The molecule has 0 spiro atoms. The zero-order valence-corrected chi connectivity index (χ0v) is 19.0. The number of nitrogens with zero attached hydrogens (tertiary/aromatic N) is 4. The first-order valence-corrected chi connectivity index (χ1v) is 10.3. The number of hydrogen-bond acceptors (Lipinski definition) is 5. The Balaban J connectivity index is 1.98. The van der Waals surface area contributed by atoms with Crippen molar-refractivity contribution in [1.29, 1.82) is 5.26 Å². The number of benzene rings is 1. The molecular weight excluding hydrogens is 463 g/mol. The third kappa shape index (κ3) is 4.26. The normalized spacial score (nSPS) is 14.8. The van der Waals surface area contributed by atoms with Crippen molar-refractivity contribution in [3.63, 3.8) is 0 Å². The molecule has 0 atom stereocenters. The van der Waals surface area contributed by atoms with Gasteiger partial charge in [-0.3, -0.25) is 0 Å². The fourth-order valence-electron chi connectivity index (χ4n) is 3.31. The number of aromatic nitrogens is 1. The lowest BCUT2D eigenvalue weighted by Crippen LogP contribution is -2.50. The van der Waals surface area contributed by atoms with Gasteiger partial charge in [0.05, 0.1) is 26.4 Å². The van der Waals surface area contributed by atoms with E-state index in [0.29, 0.717) is 48.5 Å². The molecule has 1 aliphatic rings. The molecule has 0 bridgehead atoms. The lowest BCUT2D eigenvalue weighted by molar-refractivity contribution is 0.0240. The molecule has 0 saturated carbocycles. The summed E-state index contributed by atoms with van der Waals surface area (Å²) >= 11 is 9.32. The summed E-state index contributed by atoms with van der Waals surface area (Å²) in [5, 5.41) is 10.4. The number of piperazine rings is 1. The highest BCUT2D eigenvalue weighted by Crippen LogP contribution is 2.38. The number of hydrogen-bond donors (Lipinski definition) is 0. The van der Waals surface area contributed by atoms with Crippen LogP contribution in [0.25, 0.3) is 10.9 Å². The second-order valence-corrected chi connectivity index (χ2v) is 9.07. The number of carbonyl (C=O) groups excluding carboxylic acids is 1. The van der Waals surface area contributed by atoms with Gasteiger partial charge in [-0.2, -0.15) is 5.26 Å². The van der Waals surface area contributed by atoms with Crippen molar-refractivity contribution in [1.82, 2.24) is 9.88 Å². The predicted octanol–water partition coefficient (Wildman–Crippen LogP) is 5.03. The van der Waals surface area contributed by atoms with Gasteiger partial charge in [0, 0.05) is 31.6 Å². The van der Waals surface area contributed by atoms with Crippen LogP contribution < -0.4 is 4.90 Å². The summed E-state index contributed by atoms with van der Waals surface area (Å²) in [7, 11) is 0. The lowest BCUT2D eigenvalue weighted by atomic mass is 10.0. The standard InChI is InChI=1S/C20H21BrClFN4O2/c1-11-13(10-24)18(12-9-14(22)15(21)16(23)17(12)25-11)26-5-7-27(8-6-26)19(28)29-20(2,3)4/h9H,5-8H2,1-4H3. The molecule has 1 amide bonds. The van der Waals surface area contributed by atoms with Crippen LogP contribution in [-0.4, -0.2) is 47.8 Å². The minimum Gasteiger partial charge on any atom is -0.444 e. The van der Waals surface area contributed by atoms with Crippen molar-refractivity contribution < 1.29 is 13.9 Å². The van der Waals surface area contributed by atoms with Crippen LogP contribution in [0.2, 0.25) is 5.02 Å². The summed E-state index contributed by atoms with van der Waals surface area (Å²) in [4.78, 5) is 20.2. The highest BCUT2D eigenvalue weighted by atomic mass is 79.9. The number of halogens is 3. The van der Waals surface area contributed by atoms with Crippen LogP contribution in [0.3, 0.4) is 0 Å². The highest BCUT2D eigenvalue weighted by Gasteiger charge is 2.29. The molecule has 1 aromatic heterocycles. The first kappa shape index (κ1) is 21.6. The molecule has 0 unspecified atom stereocenters. The summed E-state index contributed by atoms with van der Waals surface area (Å²) in [6.07, 6.45) is -0.369. The highest BCUT2D eigenvalue weighted by molar-refractivity contribution is 9.10. The third-order valence-corrected chi connectivity index (χ3v) is 5.93. The summed E-state index contributed by atoms with van der Waals surface area (Å²) in [6, 6.07) is 3.80. The van der Waals surface area contributed by atoms with Gasteiger partial charge in [0.1, 0.15) is 17.2 Å². The van der Waals surface area contributed by atoms with E-state index in [-0.39, 0.29) is 21.1 Å². The molecule has 9 heteroatoms. The van der Waals surface area contributed by atoms with Crippen LogP contribution in [0, 0.1) is 24.1 Å². The van der Waals surface area contributed by atoms with Gasteiger partial charge in [-0.25, -0.2) is 14.2 Å². The number of pyridine rings is 1. The van der Waals surface area contributed by atoms with Crippen LogP contribution >= 0.6 is 27.5 Å². The Morgan fingerprint density at radius 1 is 1.34 bits per heavy atom. The first-order chi connectivity index (χ1) is 13.5. The minimum atomic E-state index is -0.567. The van der Waals surface area contributed by atoms with Gasteiger partial charge in [-0.1, -0.05) is 11.6 Å². The number of carbonyl (C=O) groups is 1. The van der Waals surface area contributed by atoms with Gasteiger partial charge in [-0.05, 0) is 49.7 Å². The average Bonchev–Trinajstić information content (AvgIpc) is 2.65. The molecule has 29 heavy (non-hydrogen) atoms. The lowest BCUT2D eigenvalue weighted by Gasteiger charge is -2.37. The van der Waals surface area contributed by atoms with E-state index in [2.05, 4.69) is 27.0 Å². The summed E-state index contributed by atoms with van der Waals surface area (Å²) in [6.45, 7) is 8.95. The first-order valence-electron chi connectivity index (χ1n) is 9.14. The van der Waals surface area contributed by atoms with Gasteiger partial charge >= 0.3 is 6.09 Å².